The van der Waals surface area contributed by atoms with Crippen LogP contribution in [-0.4, -0.2) is 21.5 Å². The molecule has 0 saturated carbocycles. The van der Waals surface area contributed by atoms with Gasteiger partial charge in [-0.05, 0) is 90.0 Å². The number of carbonyl (C=O) groups is 2. The minimum atomic E-state index is -0.556. The molecule has 0 aliphatic carbocycles. The van der Waals surface area contributed by atoms with Gasteiger partial charge in [0.1, 0.15) is 5.57 Å². The van der Waals surface area contributed by atoms with Crippen LogP contribution in [0.15, 0.2) is 58.6 Å². The highest BCUT2D eigenvalue weighted by molar-refractivity contribution is 9.10. The normalized spacial score (nSPS) is 15.5. The first-order valence-corrected chi connectivity index (χ1v) is 11.4. The predicted octanol–water partition coefficient (Wildman–Crippen LogP) is 5.99. The van der Waals surface area contributed by atoms with Crippen molar-refractivity contribution in [2.24, 2.45) is 0 Å². The number of halogens is 3. The van der Waals surface area contributed by atoms with Crippen LogP contribution >= 0.6 is 51.3 Å². The molecule has 0 radical (unpaired) electrons. The maximum absolute atomic E-state index is 13.3. The fourth-order valence-corrected chi connectivity index (χ4v) is 4.54. The molecule has 32 heavy (non-hydrogen) atoms. The van der Waals surface area contributed by atoms with Gasteiger partial charge in [0.15, 0.2) is 5.11 Å². The van der Waals surface area contributed by atoms with Crippen molar-refractivity contribution in [2.75, 3.05) is 4.90 Å². The monoisotopic (exact) mass is 547 g/mol. The third-order valence-electron chi connectivity index (χ3n) is 5.13. The summed E-state index contributed by atoms with van der Waals surface area (Å²) >= 11 is 21.2. The molecule has 0 unspecified atom stereocenters. The summed E-state index contributed by atoms with van der Waals surface area (Å²) in [5, 5.41) is 3.50. The molecule has 5 nitrogen and oxygen atoms in total. The molecule has 1 aliphatic rings. The lowest BCUT2D eigenvalue weighted by molar-refractivity contribution is -0.122. The molecule has 3 aromatic rings. The van der Waals surface area contributed by atoms with E-state index in [1.54, 1.807) is 30.3 Å². The highest BCUT2D eigenvalue weighted by atomic mass is 79.9. The van der Waals surface area contributed by atoms with Crippen LogP contribution < -0.4 is 10.2 Å². The number of carbonyl (C=O) groups excluding carboxylic acids is 2. The number of benzene rings is 2. The topological polar surface area (TPSA) is 54.3 Å². The van der Waals surface area contributed by atoms with Crippen LogP contribution in [0.1, 0.15) is 17.0 Å². The van der Waals surface area contributed by atoms with Crippen LogP contribution in [0.5, 0.6) is 0 Å². The average molecular weight is 549 g/mol. The van der Waals surface area contributed by atoms with E-state index in [0.717, 1.165) is 27.1 Å². The summed E-state index contributed by atoms with van der Waals surface area (Å²) in [4.78, 5) is 27.2. The van der Waals surface area contributed by atoms with Crippen molar-refractivity contribution in [3.8, 4) is 5.69 Å². The first-order chi connectivity index (χ1) is 15.2. The molecule has 0 atom stereocenters. The minimum Gasteiger partial charge on any atom is -0.318 e. The Hall–Kier alpha value is -2.45. The van der Waals surface area contributed by atoms with Gasteiger partial charge in [-0.3, -0.25) is 19.8 Å². The fraction of sp³-hybridized carbons (Fsp3) is 0.0870. The van der Waals surface area contributed by atoms with Crippen molar-refractivity contribution in [1.29, 1.82) is 0 Å². The van der Waals surface area contributed by atoms with Crippen molar-refractivity contribution < 1.29 is 9.59 Å². The summed E-state index contributed by atoms with van der Waals surface area (Å²) in [7, 11) is 0. The number of hydrogen-bond acceptors (Lipinski definition) is 3. The van der Waals surface area contributed by atoms with Crippen LogP contribution in [0.25, 0.3) is 11.8 Å². The number of para-hydroxylation sites is 1. The maximum Gasteiger partial charge on any atom is 0.270 e. The van der Waals surface area contributed by atoms with Crippen molar-refractivity contribution in [1.82, 2.24) is 9.88 Å². The second-order valence-electron chi connectivity index (χ2n) is 7.17. The van der Waals surface area contributed by atoms with E-state index in [4.69, 9.17) is 35.4 Å². The Morgan fingerprint density at radius 2 is 1.75 bits per heavy atom. The summed E-state index contributed by atoms with van der Waals surface area (Å²) in [6.07, 6.45) is 1.57. The molecular formula is C23H16BrCl2N3O2S. The summed E-state index contributed by atoms with van der Waals surface area (Å²) in [6, 6.07) is 14.4. The zero-order valence-electron chi connectivity index (χ0n) is 16.9. The smallest absolute Gasteiger partial charge is 0.270 e. The molecule has 0 bridgehead atoms. The van der Waals surface area contributed by atoms with Gasteiger partial charge in [0, 0.05) is 21.5 Å². The Morgan fingerprint density at radius 1 is 1.03 bits per heavy atom. The summed E-state index contributed by atoms with van der Waals surface area (Å²) < 4.78 is 2.81. The molecule has 2 heterocycles. The van der Waals surface area contributed by atoms with Crippen LogP contribution in [-0.2, 0) is 9.59 Å². The van der Waals surface area contributed by atoms with E-state index in [-0.39, 0.29) is 10.7 Å². The molecule has 2 amide bonds. The average Bonchev–Trinajstić information content (AvgIpc) is 3.01. The van der Waals surface area contributed by atoms with Gasteiger partial charge in [0.25, 0.3) is 11.8 Å². The number of aryl methyl sites for hydroxylation is 1. The molecule has 1 aromatic heterocycles. The number of nitrogens with zero attached hydrogens (tertiary/aromatic N) is 2. The molecule has 1 N–H and O–H groups in total. The van der Waals surface area contributed by atoms with Gasteiger partial charge in [0.05, 0.1) is 15.7 Å². The Balaban J connectivity index is 1.78. The SMILES string of the molecule is Cc1cc(/C=C2\C(=O)NC(=S)N(c3ccccc3Cl)C2=O)c(C)n1-c1ccc(Br)c(Cl)c1. The van der Waals surface area contributed by atoms with Gasteiger partial charge in [0.2, 0.25) is 0 Å². The lowest BCUT2D eigenvalue weighted by Crippen LogP contribution is -2.54. The molecule has 0 spiro atoms. The number of thiocarbonyl (C=S) groups is 1. The van der Waals surface area contributed by atoms with Gasteiger partial charge >= 0.3 is 0 Å². The first-order valence-electron chi connectivity index (χ1n) is 9.49. The number of anilines is 1. The van der Waals surface area contributed by atoms with E-state index in [9.17, 15) is 9.59 Å². The molecular weight excluding hydrogens is 533 g/mol. The van der Waals surface area contributed by atoms with E-state index >= 15 is 0 Å². The highest BCUT2D eigenvalue weighted by Crippen LogP contribution is 2.31. The second-order valence-corrected chi connectivity index (χ2v) is 9.22. The van der Waals surface area contributed by atoms with Gasteiger partial charge in [-0.1, -0.05) is 35.3 Å². The van der Waals surface area contributed by atoms with Gasteiger partial charge < -0.3 is 4.57 Å². The Morgan fingerprint density at radius 3 is 2.44 bits per heavy atom. The molecule has 162 valence electrons. The van der Waals surface area contributed by atoms with Crippen LogP contribution in [0, 0.1) is 13.8 Å². The number of nitrogens with one attached hydrogen (secondary N) is 1. The molecule has 1 saturated heterocycles. The third-order valence-corrected chi connectivity index (χ3v) is 6.96. The van der Waals surface area contributed by atoms with E-state index < -0.39 is 11.8 Å². The third kappa shape index (κ3) is 4.01. The largest absolute Gasteiger partial charge is 0.318 e. The minimum absolute atomic E-state index is 0.0137. The second kappa shape index (κ2) is 8.83. The number of aromatic nitrogens is 1. The zero-order valence-corrected chi connectivity index (χ0v) is 20.9. The number of rotatable bonds is 3. The summed E-state index contributed by atoms with van der Waals surface area (Å²) in [5.74, 6) is -1.09. The van der Waals surface area contributed by atoms with Crippen LogP contribution in [0.2, 0.25) is 10.0 Å². The van der Waals surface area contributed by atoms with E-state index in [1.165, 1.54) is 4.90 Å². The molecule has 2 aromatic carbocycles. The lowest BCUT2D eigenvalue weighted by Gasteiger charge is -2.29. The number of amides is 2. The van der Waals surface area contributed by atoms with E-state index in [1.807, 2.05) is 42.7 Å². The molecule has 9 heteroatoms. The quantitative estimate of drug-likeness (QED) is 0.248. The van der Waals surface area contributed by atoms with Crippen LogP contribution in [0.4, 0.5) is 5.69 Å². The highest BCUT2D eigenvalue weighted by Gasteiger charge is 2.35. The summed E-state index contributed by atoms with van der Waals surface area (Å²) in [5.41, 5.74) is 3.75. The number of hydrogen-bond donors (Lipinski definition) is 1. The lowest BCUT2D eigenvalue weighted by atomic mass is 10.1. The van der Waals surface area contributed by atoms with Gasteiger partial charge in [-0.2, -0.15) is 0 Å². The maximum atomic E-state index is 13.3. The first kappa shape index (κ1) is 22.7. The van der Waals surface area contributed by atoms with Gasteiger partial charge in [-0.25, -0.2) is 0 Å². The van der Waals surface area contributed by atoms with E-state index in [0.29, 0.717) is 15.7 Å². The van der Waals surface area contributed by atoms with Crippen LogP contribution in [0.3, 0.4) is 0 Å². The summed E-state index contributed by atoms with van der Waals surface area (Å²) in [6.45, 7) is 3.86. The van der Waals surface area contributed by atoms with E-state index in [2.05, 4.69) is 21.2 Å². The Labute approximate surface area is 208 Å². The fourth-order valence-electron chi connectivity index (χ4n) is 3.62. The molecule has 1 aliphatic heterocycles. The zero-order chi connectivity index (χ0) is 23.2. The van der Waals surface area contributed by atoms with Gasteiger partial charge in [-0.15, -0.1) is 0 Å². The van der Waals surface area contributed by atoms with Crippen molar-refractivity contribution >= 4 is 80.0 Å². The molecule has 4 rings (SSSR count). The molecule has 1 fully saturated rings. The Kier molecular flexibility index (Phi) is 6.27. The van der Waals surface area contributed by atoms with Crippen molar-refractivity contribution in [3.05, 3.63) is 85.6 Å². The predicted molar refractivity (Wildman–Crippen MR) is 136 cm³/mol. The van der Waals surface area contributed by atoms with Crippen molar-refractivity contribution in [3.63, 3.8) is 0 Å². The van der Waals surface area contributed by atoms with Crippen molar-refractivity contribution in [2.45, 2.75) is 13.8 Å². The Bertz CT molecular complexity index is 1330. The standard InChI is InChI=1S/C23H16BrCl2N3O2S/c1-12-9-14(13(2)28(12)15-7-8-17(24)19(26)11-15)10-16-21(30)27-23(32)29(22(16)31)20-6-4-3-5-18(20)25/h3-11H,1-2H3,(H,27,30,32)/b16-10+.